The van der Waals surface area contributed by atoms with Gasteiger partial charge in [-0.1, -0.05) is 33.6 Å². The molecule has 0 saturated heterocycles. The lowest BCUT2D eigenvalue weighted by molar-refractivity contribution is 0.0471. The number of hydrogen-bond acceptors (Lipinski definition) is 1. The van der Waals surface area contributed by atoms with Gasteiger partial charge in [-0.05, 0) is 30.6 Å². The van der Waals surface area contributed by atoms with Crippen molar-refractivity contribution in [3.05, 3.63) is 0 Å². The third-order valence-electron chi connectivity index (χ3n) is 2.74. The summed E-state index contributed by atoms with van der Waals surface area (Å²) >= 11 is 0. The molecule has 72 valence electrons. The number of rotatable bonds is 1. The van der Waals surface area contributed by atoms with Crippen LogP contribution in [0.1, 0.15) is 52.9 Å². The lowest BCUT2D eigenvalue weighted by atomic mass is 9.76. The second kappa shape index (κ2) is 3.78. The molecule has 1 saturated carbocycles. The third kappa shape index (κ3) is 3.14. The normalized spacial score (nSPS) is 32.0. The first kappa shape index (κ1) is 10.0. The smallest absolute Gasteiger partial charge is 0.0568 e. The van der Waals surface area contributed by atoms with Crippen LogP contribution in [0.5, 0.6) is 0 Å². The SMILES string of the molecule is CC(C)(C)C[C@@H]1CCCC[C@H]1O. The van der Waals surface area contributed by atoms with Crippen LogP contribution in [0, 0.1) is 11.3 Å². The molecule has 1 fully saturated rings. The minimum absolute atomic E-state index is 0.0158. The molecule has 1 nitrogen and oxygen atoms in total. The van der Waals surface area contributed by atoms with Crippen LogP contribution >= 0.6 is 0 Å². The first-order chi connectivity index (χ1) is 5.49. The van der Waals surface area contributed by atoms with Crippen molar-refractivity contribution in [3.8, 4) is 0 Å². The van der Waals surface area contributed by atoms with Gasteiger partial charge in [0.2, 0.25) is 0 Å². The fourth-order valence-corrected chi connectivity index (χ4v) is 2.21. The molecule has 0 aliphatic heterocycles. The molecule has 1 heteroatoms. The number of hydrogen-bond donors (Lipinski definition) is 1. The largest absolute Gasteiger partial charge is 0.393 e. The summed E-state index contributed by atoms with van der Waals surface area (Å²) in [4.78, 5) is 0. The van der Waals surface area contributed by atoms with Crippen molar-refractivity contribution in [3.63, 3.8) is 0 Å². The van der Waals surface area contributed by atoms with Gasteiger partial charge >= 0.3 is 0 Å². The molecule has 2 atom stereocenters. The Morgan fingerprint density at radius 3 is 2.25 bits per heavy atom. The molecule has 0 aromatic rings. The van der Waals surface area contributed by atoms with Crippen LogP contribution in [0.25, 0.3) is 0 Å². The molecule has 0 radical (unpaired) electrons. The fraction of sp³-hybridized carbons (Fsp3) is 1.00. The van der Waals surface area contributed by atoms with E-state index >= 15 is 0 Å². The molecule has 0 unspecified atom stereocenters. The Labute approximate surface area is 76.2 Å². The first-order valence-corrected chi connectivity index (χ1v) is 5.17. The van der Waals surface area contributed by atoms with Gasteiger partial charge in [0.25, 0.3) is 0 Å². The topological polar surface area (TPSA) is 20.2 Å². The van der Waals surface area contributed by atoms with Crippen LogP contribution < -0.4 is 0 Å². The monoisotopic (exact) mass is 170 g/mol. The lowest BCUT2D eigenvalue weighted by Gasteiger charge is -2.32. The Hall–Kier alpha value is -0.0400. The highest BCUT2D eigenvalue weighted by molar-refractivity contribution is 4.78. The summed E-state index contributed by atoms with van der Waals surface area (Å²) in [7, 11) is 0. The third-order valence-corrected chi connectivity index (χ3v) is 2.74. The van der Waals surface area contributed by atoms with E-state index in [0.29, 0.717) is 11.3 Å². The van der Waals surface area contributed by atoms with Crippen molar-refractivity contribution in [2.75, 3.05) is 0 Å². The maximum atomic E-state index is 9.73. The van der Waals surface area contributed by atoms with Gasteiger partial charge in [0, 0.05) is 0 Å². The molecule has 0 aromatic carbocycles. The summed E-state index contributed by atoms with van der Waals surface area (Å²) in [6, 6.07) is 0. The van der Waals surface area contributed by atoms with Crippen molar-refractivity contribution in [2.24, 2.45) is 11.3 Å². The zero-order valence-electron chi connectivity index (χ0n) is 8.64. The molecular weight excluding hydrogens is 148 g/mol. The molecule has 1 aliphatic rings. The Kier molecular flexibility index (Phi) is 3.16. The molecule has 1 rings (SSSR count). The first-order valence-electron chi connectivity index (χ1n) is 5.17. The maximum absolute atomic E-state index is 9.73. The van der Waals surface area contributed by atoms with Gasteiger partial charge in [-0.2, -0.15) is 0 Å². The molecule has 1 N–H and O–H groups in total. The summed E-state index contributed by atoms with van der Waals surface area (Å²) < 4.78 is 0. The predicted molar refractivity (Wildman–Crippen MR) is 52.0 cm³/mol. The van der Waals surface area contributed by atoms with Crippen molar-refractivity contribution < 1.29 is 5.11 Å². The molecule has 0 amide bonds. The standard InChI is InChI=1S/C11H22O/c1-11(2,3)8-9-6-4-5-7-10(9)12/h9-10,12H,4-8H2,1-3H3/t9-,10+/m0/s1. The van der Waals surface area contributed by atoms with Gasteiger partial charge in [0.05, 0.1) is 6.10 Å². The van der Waals surface area contributed by atoms with E-state index in [-0.39, 0.29) is 6.10 Å². The van der Waals surface area contributed by atoms with Crippen molar-refractivity contribution in [1.29, 1.82) is 0 Å². The second-order valence-electron chi connectivity index (χ2n) is 5.38. The minimum Gasteiger partial charge on any atom is -0.393 e. The van der Waals surface area contributed by atoms with E-state index in [4.69, 9.17) is 0 Å². The molecule has 0 bridgehead atoms. The maximum Gasteiger partial charge on any atom is 0.0568 e. The van der Waals surface area contributed by atoms with Gasteiger partial charge in [0.1, 0.15) is 0 Å². The quantitative estimate of drug-likeness (QED) is 0.641. The van der Waals surface area contributed by atoms with Gasteiger partial charge in [0.15, 0.2) is 0 Å². The van der Waals surface area contributed by atoms with E-state index in [1.165, 1.54) is 25.7 Å². The highest BCUT2D eigenvalue weighted by Crippen LogP contribution is 2.34. The zero-order chi connectivity index (χ0) is 9.19. The van der Waals surface area contributed by atoms with Gasteiger partial charge in [-0.25, -0.2) is 0 Å². The van der Waals surface area contributed by atoms with Crippen LogP contribution in [0.4, 0.5) is 0 Å². The molecule has 0 heterocycles. The summed E-state index contributed by atoms with van der Waals surface area (Å²) in [5.74, 6) is 0.568. The summed E-state index contributed by atoms with van der Waals surface area (Å²) in [6.07, 6.45) is 5.96. The van der Waals surface area contributed by atoms with E-state index in [1.807, 2.05) is 0 Å². The van der Waals surface area contributed by atoms with Crippen LogP contribution in [-0.4, -0.2) is 11.2 Å². The molecular formula is C11H22O. The Balaban J connectivity index is 2.39. The average molecular weight is 170 g/mol. The van der Waals surface area contributed by atoms with Crippen LogP contribution in [0.2, 0.25) is 0 Å². The minimum atomic E-state index is -0.0158. The molecule has 1 aliphatic carbocycles. The van der Waals surface area contributed by atoms with Crippen LogP contribution in [0.15, 0.2) is 0 Å². The van der Waals surface area contributed by atoms with Crippen molar-refractivity contribution in [1.82, 2.24) is 0 Å². The number of aliphatic hydroxyl groups is 1. The lowest BCUT2D eigenvalue weighted by Crippen LogP contribution is -2.28. The van der Waals surface area contributed by atoms with E-state index < -0.39 is 0 Å². The molecule has 12 heavy (non-hydrogen) atoms. The zero-order valence-corrected chi connectivity index (χ0v) is 8.64. The van der Waals surface area contributed by atoms with Gasteiger partial charge in [-0.3, -0.25) is 0 Å². The Morgan fingerprint density at radius 1 is 1.17 bits per heavy atom. The van der Waals surface area contributed by atoms with Crippen molar-refractivity contribution in [2.45, 2.75) is 59.0 Å². The molecule has 0 aromatic heterocycles. The Morgan fingerprint density at radius 2 is 1.75 bits per heavy atom. The average Bonchev–Trinajstić information content (AvgIpc) is 1.91. The van der Waals surface area contributed by atoms with E-state index in [1.54, 1.807) is 0 Å². The second-order valence-corrected chi connectivity index (χ2v) is 5.38. The molecule has 0 spiro atoms. The van der Waals surface area contributed by atoms with Crippen LogP contribution in [-0.2, 0) is 0 Å². The summed E-state index contributed by atoms with van der Waals surface area (Å²) in [6.45, 7) is 6.77. The highest BCUT2D eigenvalue weighted by atomic mass is 16.3. The van der Waals surface area contributed by atoms with E-state index in [0.717, 1.165) is 6.42 Å². The number of aliphatic hydroxyl groups excluding tert-OH is 1. The van der Waals surface area contributed by atoms with Crippen LogP contribution in [0.3, 0.4) is 0 Å². The van der Waals surface area contributed by atoms with Gasteiger partial charge < -0.3 is 5.11 Å². The Bertz CT molecular complexity index is 134. The fourth-order valence-electron chi connectivity index (χ4n) is 2.21. The summed E-state index contributed by atoms with van der Waals surface area (Å²) in [5, 5.41) is 9.73. The van der Waals surface area contributed by atoms with Gasteiger partial charge in [-0.15, -0.1) is 0 Å². The van der Waals surface area contributed by atoms with E-state index in [9.17, 15) is 5.11 Å². The summed E-state index contributed by atoms with van der Waals surface area (Å²) in [5.41, 5.74) is 0.378. The van der Waals surface area contributed by atoms with Crippen molar-refractivity contribution >= 4 is 0 Å². The predicted octanol–water partition coefficient (Wildman–Crippen LogP) is 2.97. The van der Waals surface area contributed by atoms with E-state index in [2.05, 4.69) is 20.8 Å². The highest BCUT2D eigenvalue weighted by Gasteiger charge is 2.26.